The van der Waals surface area contributed by atoms with E-state index in [9.17, 15) is 9.59 Å². The number of fused-ring (bicyclic) bond motifs is 4. The number of nitrogens with zero attached hydrogens (tertiary/aromatic N) is 4. The van der Waals surface area contributed by atoms with E-state index in [0.29, 0.717) is 12.1 Å². The van der Waals surface area contributed by atoms with Gasteiger partial charge in [0.1, 0.15) is 56.1 Å². The minimum absolute atomic E-state index is 0. The number of ether oxygens (including phenoxy) is 6. The molecule has 10 fully saturated rings. The fraction of sp³-hybridized carbons (Fsp3) is 0.913. The van der Waals surface area contributed by atoms with Gasteiger partial charge in [0.25, 0.3) is 0 Å². The van der Waals surface area contributed by atoms with Crippen LogP contribution in [0.1, 0.15) is 176 Å². The second-order valence-electron chi connectivity index (χ2n) is 23.3. The van der Waals surface area contributed by atoms with Crippen molar-refractivity contribution in [1.29, 1.82) is 0 Å². The molecule has 0 amide bonds. The van der Waals surface area contributed by atoms with Gasteiger partial charge in [-0.3, -0.25) is 9.80 Å². The summed E-state index contributed by atoms with van der Waals surface area (Å²) in [7, 11) is 3.17. The Morgan fingerprint density at radius 1 is 0.456 bits per heavy atom. The molecule has 0 N–H and O–H groups in total. The fourth-order valence-electron chi connectivity index (χ4n) is 14.4. The summed E-state index contributed by atoms with van der Waals surface area (Å²) < 4.78 is 44.5. The third-order valence-electron chi connectivity index (χ3n) is 16.5. The Morgan fingerprint density at radius 3 is 0.868 bits per heavy atom. The first kappa shape index (κ1) is 72.1. The predicted octanol–water partition coefficient (Wildman–Crippen LogP) is -8.69. The van der Waals surface area contributed by atoms with E-state index in [1.165, 1.54) is 53.4 Å². The molecule has 404 valence electrons. The van der Waals surface area contributed by atoms with Gasteiger partial charge in [-0.05, 0) is 123 Å². The smallest absolute Gasteiger partial charge is 1.00 e. The quantitative estimate of drug-likeness (QED) is 0.248. The molecule has 0 unspecified atom stereocenters. The molecule has 2 aliphatic carbocycles. The molecule has 10 aliphatic heterocycles. The van der Waals surface area contributed by atoms with Gasteiger partial charge in [0, 0.05) is 36.5 Å². The molecule has 68 heavy (non-hydrogen) atoms. The Bertz CT molecular complexity index is 1700. The van der Waals surface area contributed by atoms with Crippen LogP contribution in [0.2, 0.25) is 0 Å². The zero-order valence-corrected chi connectivity index (χ0v) is 54.7. The van der Waals surface area contributed by atoms with Crippen LogP contribution in [-0.4, -0.2) is 125 Å². The summed E-state index contributed by atoms with van der Waals surface area (Å²) in [6, 6.07) is 1.07. The number of carbonyl (C=O) groups excluding carboxylic acids is 2. The molecule has 0 radical (unpaired) electrons. The molecule has 12 nitrogen and oxygen atoms in total. The zero-order chi connectivity index (χ0) is 45.1. The summed E-state index contributed by atoms with van der Waals surface area (Å²) >= 11 is 0. The molecule has 0 spiro atoms. The summed E-state index contributed by atoms with van der Waals surface area (Å²) in [5, 5.41) is -0.865. The maximum Gasteiger partial charge on any atom is 2.00 e. The molecule has 2 saturated carbocycles. The van der Waals surface area contributed by atoms with Crippen molar-refractivity contribution in [2.45, 2.75) is 244 Å². The van der Waals surface area contributed by atoms with Crippen LogP contribution in [0, 0.1) is 10.8 Å². The van der Waals surface area contributed by atoms with Crippen molar-refractivity contribution in [3.8, 4) is 0 Å². The van der Waals surface area contributed by atoms with Crippen molar-refractivity contribution in [1.82, 2.24) is 9.80 Å². The summed E-state index contributed by atoms with van der Waals surface area (Å²) in [4.78, 5) is 23.8. The molecule has 12 atom stereocenters. The summed E-state index contributed by atoms with van der Waals surface area (Å²) in [5.41, 5.74) is 0.900. The minimum Gasteiger partial charge on any atom is -1.00 e. The maximum absolute atomic E-state index is 9.44. The van der Waals surface area contributed by atoms with E-state index in [0.717, 1.165) is 25.7 Å². The third kappa shape index (κ3) is 11.4. The topological polar surface area (TPSA) is 102 Å². The van der Waals surface area contributed by atoms with E-state index in [1.807, 2.05) is 0 Å². The Kier molecular flexibility index (Phi) is 23.5. The van der Waals surface area contributed by atoms with Gasteiger partial charge in [-0.25, -0.2) is 8.69 Å². The number of halogens is 6. The van der Waals surface area contributed by atoms with Crippen LogP contribution in [0.15, 0.2) is 0 Å². The van der Waals surface area contributed by atoms with Crippen LogP contribution in [0.5, 0.6) is 0 Å². The van der Waals surface area contributed by atoms with Crippen LogP contribution in [0.3, 0.4) is 0 Å². The second-order valence-corrected chi connectivity index (χ2v) is 29.3. The first-order chi connectivity index (χ1) is 27.0. The minimum atomic E-state index is -0.666. The van der Waals surface area contributed by atoms with E-state index in [-0.39, 0.29) is 171 Å². The monoisotopic (exact) mass is 1480 g/mol. The van der Waals surface area contributed by atoms with Crippen LogP contribution in [0.4, 0.5) is 0 Å². The van der Waals surface area contributed by atoms with Gasteiger partial charge in [-0.15, -0.1) is 0 Å². The molecule has 0 aromatic rings. The normalized spacial score (nSPS) is 46.4. The molecular weight excluding hydrogens is 1400 g/mol. The average Bonchev–Trinajstić information content (AvgIpc) is 3.23. The Hall–Kier alpha value is 2.02. The fourth-order valence-corrected chi connectivity index (χ4v) is 23.1. The molecule has 12 aliphatic rings. The SMILES string of the molecule is CC(C)=O.CC(C)=O.CN1C=[N+](P2[C@@]3(C)C[C@]4(C)O[C@@](C)(C[C@@]2(C)O4)O3)[C@H]2CC[C@]1(C)C2(C)C.CN1C=[N+](P2[C@]3(C)C[C@@]4(C)O[C@](C)(C[C@]2(C)O4)O3)[C@H]2CC[C@]1(C)C2(C)C.[Cl-].[Cl-].[Cl-].[Cl-].[Cl-].[Cl-].[Pt+2].[Pt+2]. The molecule has 12 bridgehead atoms. The van der Waals surface area contributed by atoms with E-state index in [1.54, 1.807) is 0 Å². The first-order valence-corrected chi connectivity index (χ1v) is 25.1. The van der Waals surface area contributed by atoms with Crippen molar-refractivity contribution >= 4 is 40.4 Å². The maximum atomic E-state index is 9.44. The van der Waals surface area contributed by atoms with Crippen LogP contribution in [-0.2, 0) is 80.1 Å². The van der Waals surface area contributed by atoms with E-state index < -0.39 is 39.3 Å². The Morgan fingerprint density at radius 2 is 0.662 bits per heavy atom. The van der Waals surface area contributed by atoms with Crippen LogP contribution < -0.4 is 74.4 Å². The van der Waals surface area contributed by atoms with Crippen molar-refractivity contribution in [2.24, 2.45) is 10.8 Å². The summed E-state index contributed by atoms with van der Waals surface area (Å²) in [6.07, 6.45) is 12.9. The van der Waals surface area contributed by atoms with Crippen molar-refractivity contribution < 1.29 is 163 Å². The molecule has 0 aromatic carbocycles. The molecule has 0 aromatic heterocycles. The van der Waals surface area contributed by atoms with Crippen molar-refractivity contribution in [2.75, 3.05) is 14.1 Å². The van der Waals surface area contributed by atoms with Gasteiger partial charge in [-0.1, -0.05) is 27.7 Å². The zero-order valence-electron chi connectivity index (χ0n) is 43.8. The largest absolute Gasteiger partial charge is 2.00 e. The molecular formula is C46H80Cl6N4O8P2Pt2. The Labute approximate surface area is 478 Å². The molecule has 12 rings (SSSR count). The molecule has 10 heterocycles. The third-order valence-corrected chi connectivity index (χ3v) is 22.8. The summed E-state index contributed by atoms with van der Waals surface area (Å²) in [6.45, 7) is 38.4. The van der Waals surface area contributed by atoms with E-state index >= 15 is 0 Å². The number of carbonyl (C=O) groups is 2. The average molecular weight is 1480 g/mol. The van der Waals surface area contributed by atoms with Gasteiger partial charge in [0.15, 0.2) is 39.3 Å². The van der Waals surface area contributed by atoms with Gasteiger partial charge < -0.3 is 112 Å². The molecule has 22 heteroatoms. The summed E-state index contributed by atoms with van der Waals surface area (Å²) in [5.74, 6) is -1.80. The number of rotatable bonds is 2. The van der Waals surface area contributed by atoms with Crippen molar-refractivity contribution in [3.05, 3.63) is 0 Å². The molecule has 8 saturated heterocycles. The van der Waals surface area contributed by atoms with Gasteiger partial charge in [0.05, 0.1) is 14.1 Å². The van der Waals surface area contributed by atoms with Gasteiger partial charge >= 0.3 is 42.1 Å². The number of hydrogen-bond donors (Lipinski definition) is 0. The van der Waals surface area contributed by atoms with Crippen LogP contribution >= 0.6 is 16.1 Å². The van der Waals surface area contributed by atoms with Crippen molar-refractivity contribution in [3.63, 3.8) is 0 Å². The number of Topliss-reactive ketones (excluding diaryl/α,β-unsaturated/α-hetero) is 2. The Balaban J connectivity index is 0. The van der Waals surface area contributed by atoms with E-state index in [4.69, 9.17) is 28.4 Å². The van der Waals surface area contributed by atoms with E-state index in [2.05, 4.69) is 142 Å². The van der Waals surface area contributed by atoms with Crippen LogP contribution in [0.25, 0.3) is 0 Å². The predicted molar refractivity (Wildman–Crippen MR) is 237 cm³/mol. The number of hydrogen-bond acceptors (Lipinski definition) is 10. The van der Waals surface area contributed by atoms with Gasteiger partial charge in [0.2, 0.25) is 12.7 Å². The first-order valence-electron chi connectivity index (χ1n) is 22.5. The standard InChI is InChI=1S/2C20H34N2O3P.2C3H6O.6ClH.2Pt/c2*1-15(2)14-9-10-16(15,3)21(8)13-22(14)26-19(6)11-17(4)23-18(5,25-19)12-20(26,7)24-17;2*1-3(2)4;;;;;;;;/h2*13-14H,9-12H2,1-8H3;2*1-2H3;6*1H;;/q2*+1;;;;;;;;;2*+2/p-6/t14-,16+,17+,18+,19-,20-;14-,16+,17-,18-,19+,20+;;;;;;;;;;/m00........../s1. The number of ketones is 2. The second kappa shape index (κ2) is 22.2. The van der Waals surface area contributed by atoms with Gasteiger partial charge in [-0.2, -0.15) is 0 Å².